The van der Waals surface area contributed by atoms with Gasteiger partial charge in [-0.2, -0.15) is 0 Å². The molecule has 1 aromatic rings. The van der Waals surface area contributed by atoms with E-state index in [1.54, 1.807) is 0 Å². The van der Waals surface area contributed by atoms with E-state index in [0.717, 1.165) is 17.6 Å². The van der Waals surface area contributed by atoms with E-state index >= 15 is 0 Å². The number of ether oxygens (including phenoxy) is 2. The maximum Gasteiger partial charge on any atom is 0.184 e. The Hall–Kier alpha value is -1.12. The standard InChI is InChI=1S/C12H14O2/c1-10-7-8-13-12(14-9-10)11-5-3-2-4-6-11/h2-6,12H,1,7-9H2. The topological polar surface area (TPSA) is 18.5 Å². The average molecular weight is 190 g/mol. The summed E-state index contributed by atoms with van der Waals surface area (Å²) in [7, 11) is 0. The molecule has 1 unspecified atom stereocenters. The fourth-order valence-corrected chi connectivity index (χ4v) is 1.43. The van der Waals surface area contributed by atoms with Crippen LogP contribution >= 0.6 is 0 Å². The normalized spacial score (nSPS) is 23.1. The summed E-state index contributed by atoms with van der Waals surface area (Å²) in [5.41, 5.74) is 2.17. The van der Waals surface area contributed by atoms with Crippen molar-refractivity contribution in [2.24, 2.45) is 0 Å². The number of benzene rings is 1. The van der Waals surface area contributed by atoms with Crippen molar-refractivity contribution >= 4 is 0 Å². The Morgan fingerprint density at radius 3 is 2.71 bits per heavy atom. The van der Waals surface area contributed by atoms with Gasteiger partial charge >= 0.3 is 0 Å². The van der Waals surface area contributed by atoms with Crippen molar-refractivity contribution in [2.75, 3.05) is 13.2 Å². The summed E-state index contributed by atoms with van der Waals surface area (Å²) in [6, 6.07) is 9.99. The molecule has 0 saturated carbocycles. The van der Waals surface area contributed by atoms with Gasteiger partial charge in [0, 0.05) is 5.56 Å². The van der Waals surface area contributed by atoms with Gasteiger partial charge < -0.3 is 9.47 Å². The second kappa shape index (κ2) is 4.40. The predicted octanol–water partition coefficient (Wildman–Crippen LogP) is 2.68. The molecule has 1 heterocycles. The Morgan fingerprint density at radius 1 is 1.14 bits per heavy atom. The molecule has 0 amide bonds. The van der Waals surface area contributed by atoms with Crippen molar-refractivity contribution < 1.29 is 9.47 Å². The molecule has 74 valence electrons. The molecule has 1 fully saturated rings. The highest BCUT2D eigenvalue weighted by Crippen LogP contribution is 2.23. The summed E-state index contributed by atoms with van der Waals surface area (Å²) in [5, 5.41) is 0. The van der Waals surface area contributed by atoms with E-state index < -0.39 is 0 Å². The maximum absolute atomic E-state index is 5.58. The van der Waals surface area contributed by atoms with E-state index in [-0.39, 0.29) is 6.29 Å². The molecule has 0 bridgehead atoms. The lowest BCUT2D eigenvalue weighted by atomic mass is 10.2. The molecule has 2 rings (SSSR count). The smallest absolute Gasteiger partial charge is 0.184 e. The first-order chi connectivity index (χ1) is 6.86. The molecule has 2 heteroatoms. The summed E-state index contributed by atoms with van der Waals surface area (Å²) in [6.45, 7) is 5.19. The van der Waals surface area contributed by atoms with Gasteiger partial charge in [-0.15, -0.1) is 0 Å². The van der Waals surface area contributed by atoms with Crippen LogP contribution < -0.4 is 0 Å². The van der Waals surface area contributed by atoms with Crippen molar-refractivity contribution in [1.29, 1.82) is 0 Å². The first-order valence-corrected chi connectivity index (χ1v) is 4.81. The van der Waals surface area contributed by atoms with Gasteiger partial charge in [0.1, 0.15) is 0 Å². The van der Waals surface area contributed by atoms with Crippen molar-refractivity contribution in [2.45, 2.75) is 12.7 Å². The zero-order chi connectivity index (χ0) is 9.80. The van der Waals surface area contributed by atoms with Crippen LogP contribution in [0.3, 0.4) is 0 Å². The Bertz CT molecular complexity index is 305. The molecular formula is C12H14O2. The van der Waals surface area contributed by atoms with Crippen molar-refractivity contribution in [3.8, 4) is 0 Å². The number of hydrogen-bond acceptors (Lipinski definition) is 2. The highest BCUT2D eigenvalue weighted by molar-refractivity contribution is 5.16. The van der Waals surface area contributed by atoms with Gasteiger partial charge in [-0.25, -0.2) is 0 Å². The summed E-state index contributed by atoms with van der Waals surface area (Å²) < 4.78 is 11.2. The molecule has 0 spiro atoms. The highest BCUT2D eigenvalue weighted by Gasteiger charge is 2.15. The Morgan fingerprint density at radius 2 is 1.93 bits per heavy atom. The largest absolute Gasteiger partial charge is 0.348 e. The van der Waals surface area contributed by atoms with E-state index in [2.05, 4.69) is 6.58 Å². The lowest BCUT2D eigenvalue weighted by molar-refractivity contribution is -0.128. The minimum absolute atomic E-state index is 0.226. The molecule has 0 aromatic heterocycles. The van der Waals surface area contributed by atoms with Gasteiger partial charge in [0.05, 0.1) is 13.2 Å². The molecule has 0 N–H and O–H groups in total. The fourth-order valence-electron chi connectivity index (χ4n) is 1.43. The highest BCUT2D eigenvalue weighted by atomic mass is 16.7. The molecule has 1 saturated heterocycles. The molecular weight excluding hydrogens is 176 g/mol. The molecule has 2 nitrogen and oxygen atoms in total. The monoisotopic (exact) mass is 190 g/mol. The van der Waals surface area contributed by atoms with Gasteiger partial charge in [-0.1, -0.05) is 36.9 Å². The predicted molar refractivity (Wildman–Crippen MR) is 54.8 cm³/mol. The Labute approximate surface area is 84.2 Å². The van der Waals surface area contributed by atoms with Gasteiger partial charge in [0.15, 0.2) is 6.29 Å². The third kappa shape index (κ3) is 2.22. The first-order valence-electron chi connectivity index (χ1n) is 4.81. The summed E-state index contributed by atoms with van der Waals surface area (Å²) in [5.74, 6) is 0. The molecule has 1 atom stereocenters. The van der Waals surface area contributed by atoms with Crippen LogP contribution in [0, 0.1) is 0 Å². The van der Waals surface area contributed by atoms with Gasteiger partial charge in [0.2, 0.25) is 0 Å². The number of hydrogen-bond donors (Lipinski definition) is 0. The zero-order valence-corrected chi connectivity index (χ0v) is 8.11. The molecule has 1 aromatic carbocycles. The van der Waals surface area contributed by atoms with E-state index in [1.807, 2.05) is 30.3 Å². The van der Waals surface area contributed by atoms with E-state index in [1.165, 1.54) is 0 Å². The summed E-state index contributed by atoms with van der Waals surface area (Å²) >= 11 is 0. The Balaban J connectivity index is 2.08. The molecule has 0 aliphatic carbocycles. The fraction of sp³-hybridized carbons (Fsp3) is 0.333. The zero-order valence-electron chi connectivity index (χ0n) is 8.11. The minimum atomic E-state index is -0.226. The lowest BCUT2D eigenvalue weighted by Crippen LogP contribution is -2.06. The first kappa shape index (κ1) is 9.44. The minimum Gasteiger partial charge on any atom is -0.348 e. The maximum atomic E-state index is 5.58. The summed E-state index contributed by atoms with van der Waals surface area (Å²) in [4.78, 5) is 0. The van der Waals surface area contributed by atoms with Crippen LogP contribution in [0.1, 0.15) is 18.3 Å². The van der Waals surface area contributed by atoms with E-state index in [9.17, 15) is 0 Å². The second-order valence-electron chi connectivity index (χ2n) is 3.42. The molecule has 14 heavy (non-hydrogen) atoms. The van der Waals surface area contributed by atoms with Gasteiger partial charge in [-0.3, -0.25) is 0 Å². The average Bonchev–Trinajstić information content (AvgIpc) is 2.44. The van der Waals surface area contributed by atoms with Gasteiger partial charge in [0.25, 0.3) is 0 Å². The molecule has 1 aliphatic heterocycles. The van der Waals surface area contributed by atoms with Crippen LogP contribution in [0.5, 0.6) is 0 Å². The van der Waals surface area contributed by atoms with E-state index in [4.69, 9.17) is 9.47 Å². The second-order valence-corrected chi connectivity index (χ2v) is 3.42. The molecule has 0 radical (unpaired) electrons. The van der Waals surface area contributed by atoms with Crippen molar-refractivity contribution in [3.63, 3.8) is 0 Å². The summed E-state index contributed by atoms with van der Waals surface area (Å²) in [6.07, 6.45) is 0.666. The number of rotatable bonds is 1. The van der Waals surface area contributed by atoms with Crippen LogP contribution in [0.15, 0.2) is 42.5 Å². The van der Waals surface area contributed by atoms with Crippen molar-refractivity contribution in [3.05, 3.63) is 48.0 Å². The van der Waals surface area contributed by atoms with E-state index in [0.29, 0.717) is 13.2 Å². The quantitative estimate of drug-likeness (QED) is 0.634. The van der Waals surface area contributed by atoms with Crippen LogP contribution in [-0.2, 0) is 9.47 Å². The van der Waals surface area contributed by atoms with Crippen LogP contribution in [0.25, 0.3) is 0 Å². The SMILES string of the molecule is C=C1CCOC(c2ccccc2)OC1. The van der Waals surface area contributed by atoms with Crippen molar-refractivity contribution in [1.82, 2.24) is 0 Å². The Kier molecular flexibility index (Phi) is 2.96. The van der Waals surface area contributed by atoms with Crippen LogP contribution in [-0.4, -0.2) is 13.2 Å². The third-order valence-corrected chi connectivity index (χ3v) is 2.24. The van der Waals surface area contributed by atoms with Gasteiger partial charge in [-0.05, 0) is 12.0 Å². The molecule has 1 aliphatic rings. The van der Waals surface area contributed by atoms with Crippen LogP contribution in [0.4, 0.5) is 0 Å². The third-order valence-electron chi connectivity index (χ3n) is 2.24. The lowest BCUT2D eigenvalue weighted by Gasteiger charge is -2.14. The van der Waals surface area contributed by atoms with Crippen LogP contribution in [0.2, 0.25) is 0 Å².